The number of aryl methyl sites for hydroxylation is 1. The van der Waals surface area contributed by atoms with E-state index in [0.29, 0.717) is 18.1 Å². The van der Waals surface area contributed by atoms with E-state index in [-0.39, 0.29) is 16.8 Å². The van der Waals surface area contributed by atoms with Crippen molar-refractivity contribution >= 4 is 28.8 Å². The Hall–Kier alpha value is -2.68. The molecule has 9 heteroatoms. The normalized spacial score (nSPS) is 15.8. The fraction of sp³-hybridized carbons (Fsp3) is 0.467. The number of piperazine rings is 1. The molecular weight excluding hydrogens is 312 g/mol. The molecule has 3 heterocycles. The summed E-state index contributed by atoms with van der Waals surface area (Å²) in [5.41, 5.74) is 5.38. The number of nitrogen functional groups attached to an aromatic ring is 1. The summed E-state index contributed by atoms with van der Waals surface area (Å²) in [4.78, 5) is 36.7. The van der Waals surface area contributed by atoms with Crippen LogP contribution in [-0.2, 0) is 6.54 Å². The Bertz CT molecular complexity index is 854. The molecule has 0 spiro atoms. The van der Waals surface area contributed by atoms with E-state index >= 15 is 0 Å². The predicted octanol–water partition coefficient (Wildman–Crippen LogP) is -0.156. The summed E-state index contributed by atoms with van der Waals surface area (Å²) in [6.45, 7) is 5.63. The zero-order chi connectivity index (χ0) is 17.4. The lowest BCUT2D eigenvalue weighted by molar-refractivity contribution is 0.0695. The Morgan fingerprint density at radius 2 is 1.96 bits per heavy atom. The van der Waals surface area contributed by atoms with Crippen molar-refractivity contribution in [2.75, 3.05) is 43.9 Å². The minimum Gasteiger partial charge on any atom is -0.477 e. The highest BCUT2D eigenvalue weighted by Gasteiger charge is 2.22. The number of carboxylic acids is 1. The second-order valence-electron chi connectivity index (χ2n) is 5.86. The molecule has 1 fully saturated rings. The molecule has 2 aromatic rings. The first-order valence-electron chi connectivity index (χ1n) is 7.79. The molecule has 0 aromatic carbocycles. The van der Waals surface area contributed by atoms with Gasteiger partial charge in [0.15, 0.2) is 5.65 Å². The summed E-state index contributed by atoms with van der Waals surface area (Å²) in [5.74, 6) is -0.798. The Kier molecular flexibility index (Phi) is 4.10. The van der Waals surface area contributed by atoms with Gasteiger partial charge in [-0.25, -0.2) is 4.79 Å². The molecule has 0 atom stereocenters. The number of hydrogen-bond acceptors (Lipinski definition) is 7. The first-order chi connectivity index (χ1) is 11.4. The van der Waals surface area contributed by atoms with Crippen LogP contribution in [0.25, 0.3) is 11.0 Å². The summed E-state index contributed by atoms with van der Waals surface area (Å²) >= 11 is 0. The number of carbonyl (C=O) groups is 1. The van der Waals surface area contributed by atoms with Crippen LogP contribution in [0.1, 0.15) is 17.3 Å². The molecule has 3 N–H and O–H groups in total. The van der Waals surface area contributed by atoms with Crippen molar-refractivity contribution in [3.8, 4) is 0 Å². The second kappa shape index (κ2) is 6.08. The second-order valence-corrected chi connectivity index (χ2v) is 5.86. The number of rotatable bonds is 3. The van der Waals surface area contributed by atoms with Gasteiger partial charge in [0.1, 0.15) is 16.8 Å². The number of aromatic carboxylic acids is 1. The Balaban J connectivity index is 2.19. The number of nitrogens with zero attached hydrogens (tertiary/aromatic N) is 5. The molecule has 128 valence electrons. The van der Waals surface area contributed by atoms with E-state index in [1.165, 1.54) is 6.20 Å². The van der Waals surface area contributed by atoms with E-state index in [2.05, 4.69) is 21.9 Å². The van der Waals surface area contributed by atoms with Crippen molar-refractivity contribution in [3.05, 3.63) is 22.0 Å². The summed E-state index contributed by atoms with van der Waals surface area (Å²) in [6, 6.07) is 0. The molecule has 0 aliphatic carbocycles. The molecule has 9 nitrogen and oxygen atoms in total. The summed E-state index contributed by atoms with van der Waals surface area (Å²) in [5, 5.41) is 9.28. The van der Waals surface area contributed by atoms with E-state index in [1.807, 2.05) is 11.8 Å². The third-order valence-corrected chi connectivity index (χ3v) is 4.29. The maximum Gasteiger partial charge on any atom is 0.341 e. The number of pyridine rings is 1. The summed E-state index contributed by atoms with van der Waals surface area (Å²) in [7, 11) is 2.05. The summed E-state index contributed by atoms with van der Waals surface area (Å²) in [6.07, 6.45) is 1.31. The molecule has 1 saturated heterocycles. The van der Waals surface area contributed by atoms with Gasteiger partial charge in [-0.1, -0.05) is 0 Å². The molecular formula is C15H20N6O3. The largest absolute Gasteiger partial charge is 0.477 e. The standard InChI is InChI=1S/C15H20N6O3/c1-3-20-8-9(14(23)24)11(22)10-12(16)17-15(18-13(10)20)21-6-4-19(2)5-7-21/h8H,3-7H2,1-2H3,(H,23,24)(H2,16,17,18). The van der Waals surface area contributed by atoms with Crippen LogP contribution in [0.15, 0.2) is 11.0 Å². The molecule has 0 radical (unpaired) electrons. The van der Waals surface area contributed by atoms with Crippen LogP contribution in [0, 0.1) is 0 Å². The Morgan fingerprint density at radius 1 is 1.29 bits per heavy atom. The maximum atomic E-state index is 12.4. The zero-order valence-corrected chi connectivity index (χ0v) is 13.7. The van der Waals surface area contributed by atoms with E-state index in [9.17, 15) is 14.7 Å². The van der Waals surface area contributed by atoms with Crippen molar-refractivity contribution in [3.63, 3.8) is 0 Å². The van der Waals surface area contributed by atoms with Crippen LogP contribution in [0.4, 0.5) is 11.8 Å². The van der Waals surface area contributed by atoms with E-state index in [1.54, 1.807) is 4.57 Å². The number of anilines is 2. The van der Waals surface area contributed by atoms with Crippen LogP contribution in [0.2, 0.25) is 0 Å². The van der Waals surface area contributed by atoms with Crippen LogP contribution < -0.4 is 16.1 Å². The van der Waals surface area contributed by atoms with Gasteiger partial charge in [0.25, 0.3) is 0 Å². The summed E-state index contributed by atoms with van der Waals surface area (Å²) < 4.78 is 1.62. The Labute approximate surface area is 138 Å². The van der Waals surface area contributed by atoms with Crippen molar-refractivity contribution in [1.82, 2.24) is 19.4 Å². The first kappa shape index (κ1) is 16.2. The lowest BCUT2D eigenvalue weighted by Gasteiger charge is -2.32. The number of carboxylic acid groups (broad SMARTS) is 1. The fourth-order valence-electron chi connectivity index (χ4n) is 2.83. The highest BCUT2D eigenvalue weighted by atomic mass is 16.4. The minimum absolute atomic E-state index is 0.0178. The number of nitrogens with two attached hydrogens (primary N) is 1. The van der Waals surface area contributed by atoms with Gasteiger partial charge >= 0.3 is 5.97 Å². The van der Waals surface area contributed by atoms with Crippen molar-refractivity contribution in [2.45, 2.75) is 13.5 Å². The van der Waals surface area contributed by atoms with Gasteiger partial charge in [-0.15, -0.1) is 0 Å². The molecule has 0 amide bonds. The van der Waals surface area contributed by atoms with Gasteiger partial charge in [-0.05, 0) is 14.0 Å². The van der Waals surface area contributed by atoms with Crippen molar-refractivity contribution in [2.24, 2.45) is 0 Å². The van der Waals surface area contributed by atoms with E-state index in [0.717, 1.165) is 26.2 Å². The fourth-order valence-corrected chi connectivity index (χ4v) is 2.83. The average Bonchev–Trinajstić information content (AvgIpc) is 2.55. The van der Waals surface area contributed by atoms with Gasteiger partial charge in [0, 0.05) is 38.9 Å². The highest BCUT2D eigenvalue weighted by Crippen LogP contribution is 2.20. The molecule has 0 saturated carbocycles. The first-order valence-corrected chi connectivity index (χ1v) is 7.79. The van der Waals surface area contributed by atoms with Gasteiger partial charge in [-0.3, -0.25) is 4.79 Å². The van der Waals surface area contributed by atoms with Crippen molar-refractivity contribution < 1.29 is 9.90 Å². The molecule has 0 unspecified atom stereocenters. The third-order valence-electron chi connectivity index (χ3n) is 4.29. The monoisotopic (exact) mass is 332 g/mol. The molecule has 1 aliphatic rings. The lowest BCUT2D eigenvalue weighted by Crippen LogP contribution is -2.45. The number of aromatic nitrogens is 3. The highest BCUT2D eigenvalue weighted by molar-refractivity contribution is 5.95. The van der Waals surface area contributed by atoms with Crippen LogP contribution >= 0.6 is 0 Å². The van der Waals surface area contributed by atoms with E-state index < -0.39 is 11.4 Å². The van der Waals surface area contributed by atoms with Gasteiger partial charge < -0.3 is 25.2 Å². The molecule has 1 aliphatic heterocycles. The van der Waals surface area contributed by atoms with Crippen molar-refractivity contribution in [1.29, 1.82) is 0 Å². The number of hydrogen-bond donors (Lipinski definition) is 2. The van der Waals surface area contributed by atoms with Gasteiger partial charge in [0.2, 0.25) is 11.4 Å². The molecule has 0 bridgehead atoms. The minimum atomic E-state index is -1.29. The zero-order valence-electron chi connectivity index (χ0n) is 13.7. The molecule has 24 heavy (non-hydrogen) atoms. The number of likely N-dealkylation sites (N-methyl/N-ethyl adjacent to an activating group) is 1. The van der Waals surface area contributed by atoms with Crippen LogP contribution in [0.5, 0.6) is 0 Å². The van der Waals surface area contributed by atoms with Crippen LogP contribution in [0.3, 0.4) is 0 Å². The van der Waals surface area contributed by atoms with E-state index in [4.69, 9.17) is 5.73 Å². The topological polar surface area (TPSA) is 118 Å². The lowest BCUT2D eigenvalue weighted by atomic mass is 10.2. The van der Waals surface area contributed by atoms with Crippen LogP contribution in [-0.4, -0.2) is 63.7 Å². The smallest absolute Gasteiger partial charge is 0.341 e. The Morgan fingerprint density at radius 3 is 2.54 bits per heavy atom. The molecule has 2 aromatic heterocycles. The maximum absolute atomic E-state index is 12.4. The average molecular weight is 332 g/mol. The SMILES string of the molecule is CCn1cc(C(=O)O)c(=O)c2c(N)nc(N3CCN(C)CC3)nc21. The third kappa shape index (κ3) is 2.67. The van der Waals surface area contributed by atoms with Gasteiger partial charge in [-0.2, -0.15) is 9.97 Å². The predicted molar refractivity (Wildman–Crippen MR) is 90.6 cm³/mol. The molecule has 3 rings (SSSR count). The quantitative estimate of drug-likeness (QED) is 0.796. The number of fused-ring (bicyclic) bond motifs is 1. The van der Waals surface area contributed by atoms with Gasteiger partial charge in [0.05, 0.1) is 0 Å².